The van der Waals surface area contributed by atoms with E-state index < -0.39 is 0 Å². The molecule has 2 heterocycles. The number of nitrogens with zero attached hydrogens (tertiary/aromatic N) is 5. The van der Waals surface area contributed by atoms with Crippen LogP contribution in [0, 0.1) is 6.92 Å². The van der Waals surface area contributed by atoms with Crippen LogP contribution in [0.5, 0.6) is 5.75 Å². The van der Waals surface area contributed by atoms with E-state index in [0.29, 0.717) is 24.7 Å². The minimum absolute atomic E-state index is 0.230. The summed E-state index contributed by atoms with van der Waals surface area (Å²) < 4.78 is 13.5. The fraction of sp³-hybridized carbons (Fsp3) is 0.550. The van der Waals surface area contributed by atoms with Gasteiger partial charge in [-0.15, -0.1) is 10.2 Å². The van der Waals surface area contributed by atoms with Crippen LogP contribution in [0.25, 0.3) is 0 Å². The number of rotatable bonds is 8. The number of aromatic nitrogens is 3. The molecule has 29 heavy (non-hydrogen) atoms. The quantitative estimate of drug-likeness (QED) is 0.522. The van der Waals surface area contributed by atoms with Crippen LogP contribution in [-0.2, 0) is 18.3 Å². The molecule has 1 N–H and O–H groups in total. The summed E-state index contributed by atoms with van der Waals surface area (Å²) in [6.45, 7) is 5.12. The van der Waals surface area contributed by atoms with Crippen LogP contribution in [0.3, 0.4) is 0 Å². The molecule has 1 aromatic heterocycles. The largest absolute Gasteiger partial charge is 0.492 e. The molecule has 0 amide bonds. The topological polar surface area (TPSA) is 76.8 Å². The number of guanidine groups is 1. The SMILES string of the molecule is Cc1nnc(CN=C(NCC2CCCO2)N(C)CCOc2cccc(Cl)c2)n1C. The van der Waals surface area contributed by atoms with Crippen molar-refractivity contribution in [1.82, 2.24) is 25.0 Å². The van der Waals surface area contributed by atoms with E-state index in [1.165, 1.54) is 0 Å². The fourth-order valence-corrected chi connectivity index (χ4v) is 3.20. The lowest BCUT2D eigenvalue weighted by atomic mass is 10.2. The second-order valence-electron chi connectivity index (χ2n) is 7.11. The average molecular weight is 421 g/mol. The lowest BCUT2D eigenvalue weighted by Gasteiger charge is -2.24. The first kappa shape index (κ1) is 21.4. The second kappa shape index (κ2) is 10.5. The van der Waals surface area contributed by atoms with E-state index in [1.54, 1.807) is 0 Å². The Morgan fingerprint density at radius 1 is 1.45 bits per heavy atom. The molecule has 1 aliphatic heterocycles. The standard InChI is InChI=1S/C20H29ClN6O2/c1-15-24-25-19(27(15)3)14-23-20(22-13-18-8-5-10-28-18)26(2)9-11-29-17-7-4-6-16(21)12-17/h4,6-7,12,18H,5,8-11,13-14H2,1-3H3,(H,22,23). The summed E-state index contributed by atoms with van der Waals surface area (Å²) in [6, 6.07) is 7.41. The highest BCUT2D eigenvalue weighted by Gasteiger charge is 2.17. The Labute approximate surface area is 176 Å². The zero-order chi connectivity index (χ0) is 20.6. The molecular weight excluding hydrogens is 392 g/mol. The molecule has 1 fully saturated rings. The van der Waals surface area contributed by atoms with Crippen LogP contribution in [0.2, 0.25) is 5.02 Å². The molecule has 0 radical (unpaired) electrons. The van der Waals surface area contributed by atoms with Crippen molar-refractivity contribution < 1.29 is 9.47 Å². The molecule has 9 heteroatoms. The van der Waals surface area contributed by atoms with E-state index in [4.69, 9.17) is 26.1 Å². The highest BCUT2D eigenvalue weighted by molar-refractivity contribution is 6.30. The van der Waals surface area contributed by atoms with Crippen molar-refractivity contribution in [3.63, 3.8) is 0 Å². The minimum atomic E-state index is 0.230. The molecule has 8 nitrogen and oxygen atoms in total. The van der Waals surface area contributed by atoms with Crippen molar-refractivity contribution in [1.29, 1.82) is 0 Å². The van der Waals surface area contributed by atoms with Crippen molar-refractivity contribution >= 4 is 17.6 Å². The van der Waals surface area contributed by atoms with Crippen molar-refractivity contribution in [3.05, 3.63) is 40.9 Å². The van der Waals surface area contributed by atoms with Crippen molar-refractivity contribution in [2.45, 2.75) is 32.4 Å². The smallest absolute Gasteiger partial charge is 0.194 e. The predicted octanol–water partition coefficient (Wildman–Crippen LogP) is 2.41. The Balaban J connectivity index is 1.58. The zero-order valence-corrected chi connectivity index (χ0v) is 18.0. The molecule has 2 aromatic rings. The normalized spacial score (nSPS) is 16.8. The number of hydrogen-bond donors (Lipinski definition) is 1. The Bertz CT molecular complexity index is 819. The van der Waals surface area contributed by atoms with Crippen molar-refractivity contribution in [2.75, 3.05) is 33.4 Å². The Morgan fingerprint density at radius 3 is 3.00 bits per heavy atom. The summed E-state index contributed by atoms with van der Waals surface area (Å²) in [4.78, 5) is 6.79. The molecule has 0 bridgehead atoms. The van der Waals surface area contributed by atoms with Gasteiger partial charge in [0, 0.05) is 32.3 Å². The molecule has 0 spiro atoms. The van der Waals surface area contributed by atoms with Gasteiger partial charge in [-0.05, 0) is 38.0 Å². The third kappa shape index (κ3) is 6.33. The van der Waals surface area contributed by atoms with Gasteiger partial charge in [-0.3, -0.25) is 0 Å². The first-order valence-electron chi connectivity index (χ1n) is 9.87. The maximum Gasteiger partial charge on any atom is 0.194 e. The maximum absolute atomic E-state index is 6.01. The number of aryl methyl sites for hydroxylation is 1. The Hall–Kier alpha value is -2.32. The highest BCUT2D eigenvalue weighted by Crippen LogP contribution is 2.17. The monoisotopic (exact) mass is 420 g/mol. The van der Waals surface area contributed by atoms with Gasteiger partial charge in [0.15, 0.2) is 11.8 Å². The lowest BCUT2D eigenvalue weighted by molar-refractivity contribution is 0.113. The van der Waals surface area contributed by atoms with Gasteiger partial charge < -0.3 is 24.3 Å². The molecule has 1 saturated heterocycles. The van der Waals surface area contributed by atoms with Crippen LogP contribution in [0.4, 0.5) is 0 Å². The molecule has 0 aliphatic carbocycles. The zero-order valence-electron chi connectivity index (χ0n) is 17.3. The molecule has 158 valence electrons. The Morgan fingerprint density at radius 2 is 2.31 bits per heavy atom. The molecule has 1 unspecified atom stereocenters. The molecular formula is C20H29ClN6O2. The highest BCUT2D eigenvalue weighted by atomic mass is 35.5. The molecule has 3 rings (SSSR count). The average Bonchev–Trinajstić information content (AvgIpc) is 3.33. The van der Waals surface area contributed by atoms with Gasteiger partial charge >= 0.3 is 0 Å². The lowest BCUT2D eigenvalue weighted by Crippen LogP contribution is -2.43. The van der Waals surface area contributed by atoms with Crippen LogP contribution in [0.15, 0.2) is 29.3 Å². The summed E-state index contributed by atoms with van der Waals surface area (Å²) in [5.74, 6) is 3.23. The summed E-state index contributed by atoms with van der Waals surface area (Å²) >= 11 is 6.01. The van der Waals surface area contributed by atoms with Crippen LogP contribution < -0.4 is 10.1 Å². The van der Waals surface area contributed by atoms with E-state index in [2.05, 4.69) is 15.5 Å². The van der Waals surface area contributed by atoms with E-state index in [9.17, 15) is 0 Å². The number of benzene rings is 1. The van der Waals surface area contributed by atoms with Gasteiger partial charge in [0.2, 0.25) is 0 Å². The minimum Gasteiger partial charge on any atom is -0.492 e. The van der Waals surface area contributed by atoms with E-state index in [-0.39, 0.29) is 6.10 Å². The van der Waals surface area contributed by atoms with Crippen LogP contribution in [0.1, 0.15) is 24.5 Å². The van der Waals surface area contributed by atoms with E-state index in [1.807, 2.05) is 54.8 Å². The van der Waals surface area contributed by atoms with Crippen molar-refractivity contribution in [2.24, 2.45) is 12.0 Å². The number of likely N-dealkylation sites (N-methyl/N-ethyl adjacent to an activating group) is 1. The molecule has 1 aromatic carbocycles. The summed E-state index contributed by atoms with van der Waals surface area (Å²) in [7, 11) is 3.94. The first-order chi connectivity index (χ1) is 14.0. The summed E-state index contributed by atoms with van der Waals surface area (Å²) in [6.07, 6.45) is 2.42. The number of halogens is 1. The second-order valence-corrected chi connectivity index (χ2v) is 7.54. The third-order valence-corrected chi connectivity index (χ3v) is 5.15. The summed E-state index contributed by atoms with van der Waals surface area (Å²) in [5, 5.41) is 12.4. The van der Waals surface area contributed by atoms with Gasteiger partial charge in [-0.25, -0.2) is 4.99 Å². The fourth-order valence-electron chi connectivity index (χ4n) is 3.02. The number of nitrogens with one attached hydrogen (secondary N) is 1. The van der Waals surface area contributed by atoms with E-state index >= 15 is 0 Å². The molecule has 1 aliphatic rings. The van der Waals surface area contributed by atoms with Crippen molar-refractivity contribution in [3.8, 4) is 5.75 Å². The maximum atomic E-state index is 6.01. The van der Waals surface area contributed by atoms with Crippen LogP contribution in [-0.4, -0.2) is 65.1 Å². The van der Waals surface area contributed by atoms with Gasteiger partial charge in [0.25, 0.3) is 0 Å². The first-order valence-corrected chi connectivity index (χ1v) is 10.2. The number of ether oxygens (including phenoxy) is 2. The molecule has 0 saturated carbocycles. The predicted molar refractivity (Wildman–Crippen MR) is 113 cm³/mol. The van der Waals surface area contributed by atoms with Gasteiger partial charge in [-0.1, -0.05) is 17.7 Å². The Kier molecular flexibility index (Phi) is 7.71. The number of hydrogen-bond acceptors (Lipinski definition) is 5. The third-order valence-electron chi connectivity index (χ3n) is 4.92. The van der Waals surface area contributed by atoms with Gasteiger partial charge in [0.1, 0.15) is 24.7 Å². The number of aliphatic imine (C=N–C) groups is 1. The van der Waals surface area contributed by atoms with Gasteiger partial charge in [-0.2, -0.15) is 0 Å². The summed E-state index contributed by atoms with van der Waals surface area (Å²) in [5.41, 5.74) is 0. The van der Waals surface area contributed by atoms with Gasteiger partial charge in [0.05, 0.1) is 12.6 Å². The van der Waals surface area contributed by atoms with E-state index in [0.717, 1.165) is 49.4 Å². The molecule has 1 atom stereocenters. The van der Waals surface area contributed by atoms with Crippen LogP contribution >= 0.6 is 11.6 Å².